The minimum atomic E-state index is -5.08. The van der Waals surface area contributed by atoms with E-state index in [4.69, 9.17) is 9.90 Å². The van der Waals surface area contributed by atoms with Crippen LogP contribution in [0.15, 0.2) is 29.2 Å². The van der Waals surface area contributed by atoms with Crippen LogP contribution in [0.3, 0.4) is 0 Å². The molecule has 2 heterocycles. The predicted molar refractivity (Wildman–Crippen MR) is 132 cm³/mol. The molecule has 2 aliphatic rings. The molecule has 0 saturated carbocycles. The molecule has 0 bridgehead atoms. The van der Waals surface area contributed by atoms with Crippen molar-refractivity contribution in [1.29, 1.82) is 0 Å². The van der Waals surface area contributed by atoms with Crippen molar-refractivity contribution >= 4 is 31.9 Å². The number of rotatable bonds is 10. The number of amides is 1. The monoisotopic (exact) mass is 586 g/mol. The van der Waals surface area contributed by atoms with E-state index in [1.807, 2.05) is 6.92 Å². The lowest BCUT2D eigenvalue weighted by atomic mass is 10.2. The molecule has 0 aliphatic carbocycles. The lowest BCUT2D eigenvalue weighted by molar-refractivity contribution is -0.192. The largest absolute Gasteiger partial charge is 0.490 e. The van der Waals surface area contributed by atoms with Crippen LogP contribution in [-0.4, -0.2) is 112 Å². The third-order valence-electron chi connectivity index (χ3n) is 5.98. The number of nitrogens with one attached hydrogen (secondary N) is 1. The number of carbonyl (C=O) groups excluding carboxylic acids is 1. The van der Waals surface area contributed by atoms with Crippen molar-refractivity contribution in [3.63, 3.8) is 0 Å². The van der Waals surface area contributed by atoms with Gasteiger partial charge in [-0.15, -0.1) is 0 Å². The molecular weight excluding hydrogens is 553 g/mol. The van der Waals surface area contributed by atoms with Crippen LogP contribution in [0.1, 0.15) is 24.8 Å². The average molecular weight is 587 g/mol. The Balaban J connectivity index is 0.000000638. The van der Waals surface area contributed by atoms with E-state index in [1.54, 1.807) is 29.2 Å². The van der Waals surface area contributed by atoms with Gasteiger partial charge in [-0.3, -0.25) is 4.79 Å². The molecule has 0 atom stereocenters. The summed E-state index contributed by atoms with van der Waals surface area (Å²) >= 11 is 0. The first-order chi connectivity index (χ1) is 17.6. The zero-order valence-electron chi connectivity index (χ0n) is 21.0. The van der Waals surface area contributed by atoms with Crippen LogP contribution in [0.5, 0.6) is 0 Å². The normalized spacial score (nSPS) is 17.4. The second-order valence-corrected chi connectivity index (χ2v) is 12.8. The Kier molecular flexibility index (Phi) is 11.5. The standard InChI is InChI=1S/C20H32N4O5S2.C2HF3O2/c1-18-5-7-19(8-6-18)31(28,29)24(13-3-12-22-11-2-4-20(22)25)16-17-30(26,27)23-14-9-21-10-15-23;3-2(4,5)1(6)7/h5-8,21H,2-4,9-17H2,1H3;(H,6,7). The SMILES string of the molecule is Cc1ccc(S(=O)(=O)N(CCCN2CCCC2=O)CCS(=O)(=O)N2CCNCC2)cc1.O=C(O)C(F)(F)F. The molecule has 16 heteroatoms. The molecule has 2 fully saturated rings. The molecule has 2 saturated heterocycles. The van der Waals surface area contributed by atoms with Gasteiger partial charge < -0.3 is 15.3 Å². The van der Waals surface area contributed by atoms with Gasteiger partial charge in [0.2, 0.25) is 26.0 Å². The zero-order chi connectivity index (χ0) is 28.6. The summed E-state index contributed by atoms with van der Waals surface area (Å²) in [6, 6.07) is 6.55. The lowest BCUT2D eigenvalue weighted by Crippen LogP contribution is -2.48. The molecule has 2 N–H and O–H groups in total. The molecule has 1 aromatic rings. The number of aliphatic carboxylic acids is 1. The number of piperazine rings is 1. The van der Waals surface area contributed by atoms with Crippen LogP contribution in [-0.2, 0) is 29.6 Å². The molecule has 2 aliphatic heterocycles. The Labute approximate surface area is 220 Å². The summed E-state index contributed by atoms with van der Waals surface area (Å²) in [5.41, 5.74) is 0.944. The Morgan fingerprint density at radius 1 is 1.05 bits per heavy atom. The van der Waals surface area contributed by atoms with Gasteiger partial charge >= 0.3 is 12.1 Å². The number of sulfonamides is 2. The highest BCUT2D eigenvalue weighted by molar-refractivity contribution is 7.90. The van der Waals surface area contributed by atoms with E-state index in [0.717, 1.165) is 12.0 Å². The third-order valence-corrected chi connectivity index (χ3v) is 9.74. The van der Waals surface area contributed by atoms with E-state index in [9.17, 15) is 34.8 Å². The second kappa shape index (κ2) is 13.7. The Hall–Kier alpha value is -2.27. The number of carboxylic acid groups (broad SMARTS) is 1. The molecular formula is C22H33F3N4O7S2. The molecule has 0 spiro atoms. The van der Waals surface area contributed by atoms with Crippen molar-refractivity contribution in [3.8, 4) is 0 Å². The number of hydrogen-bond donors (Lipinski definition) is 2. The summed E-state index contributed by atoms with van der Waals surface area (Å²) in [5, 5.41) is 10.2. The van der Waals surface area contributed by atoms with Crippen molar-refractivity contribution < 1.29 is 44.7 Å². The molecule has 11 nitrogen and oxygen atoms in total. The highest BCUT2D eigenvalue weighted by atomic mass is 32.2. The summed E-state index contributed by atoms with van der Waals surface area (Å²) in [6.07, 6.45) is -3.26. The highest BCUT2D eigenvalue weighted by Gasteiger charge is 2.38. The fourth-order valence-electron chi connectivity index (χ4n) is 3.86. The van der Waals surface area contributed by atoms with E-state index in [2.05, 4.69) is 5.32 Å². The van der Waals surface area contributed by atoms with Gasteiger partial charge in [0, 0.05) is 58.8 Å². The lowest BCUT2D eigenvalue weighted by Gasteiger charge is -2.28. The average Bonchev–Trinajstić information content (AvgIpc) is 3.26. The second-order valence-electron chi connectivity index (χ2n) is 8.82. The molecule has 38 heavy (non-hydrogen) atoms. The van der Waals surface area contributed by atoms with Crippen LogP contribution < -0.4 is 5.32 Å². The van der Waals surface area contributed by atoms with Crippen molar-refractivity contribution in [1.82, 2.24) is 18.8 Å². The van der Waals surface area contributed by atoms with Crippen molar-refractivity contribution in [2.24, 2.45) is 0 Å². The molecule has 0 unspecified atom stereocenters. The number of likely N-dealkylation sites (tertiary alicyclic amines) is 1. The van der Waals surface area contributed by atoms with Gasteiger partial charge in [0.15, 0.2) is 0 Å². The number of hydrogen-bond acceptors (Lipinski definition) is 7. The quantitative estimate of drug-likeness (QED) is 0.411. The van der Waals surface area contributed by atoms with Gasteiger partial charge in [0.05, 0.1) is 10.6 Å². The topological polar surface area (TPSA) is 144 Å². The van der Waals surface area contributed by atoms with E-state index in [-0.39, 0.29) is 29.6 Å². The van der Waals surface area contributed by atoms with Crippen LogP contribution in [0, 0.1) is 6.92 Å². The van der Waals surface area contributed by atoms with E-state index in [0.29, 0.717) is 52.1 Å². The molecule has 3 rings (SSSR count). The summed E-state index contributed by atoms with van der Waals surface area (Å²) in [5.74, 6) is -2.93. The first-order valence-electron chi connectivity index (χ1n) is 12.0. The van der Waals surface area contributed by atoms with Crippen molar-refractivity contribution in [3.05, 3.63) is 29.8 Å². The first kappa shape index (κ1) is 31.9. The molecule has 0 aromatic heterocycles. The minimum Gasteiger partial charge on any atom is -0.475 e. The van der Waals surface area contributed by atoms with Gasteiger partial charge in [0.25, 0.3) is 0 Å². The van der Waals surface area contributed by atoms with Gasteiger partial charge in [0.1, 0.15) is 0 Å². The third kappa shape index (κ3) is 9.48. The number of aryl methyl sites for hydroxylation is 1. The number of alkyl halides is 3. The molecule has 1 amide bonds. The fourth-order valence-corrected chi connectivity index (χ4v) is 6.90. The maximum absolute atomic E-state index is 13.3. The van der Waals surface area contributed by atoms with Gasteiger partial charge in [-0.2, -0.15) is 21.8 Å². The fraction of sp³-hybridized carbons (Fsp3) is 0.636. The maximum atomic E-state index is 13.3. The van der Waals surface area contributed by atoms with E-state index in [1.165, 1.54) is 8.61 Å². The number of nitrogens with zero attached hydrogens (tertiary/aromatic N) is 3. The first-order valence-corrected chi connectivity index (χ1v) is 15.0. The minimum absolute atomic E-state index is 0.0919. The predicted octanol–water partition coefficient (Wildman–Crippen LogP) is 0.867. The molecule has 1 aromatic carbocycles. The highest BCUT2D eigenvalue weighted by Crippen LogP contribution is 2.18. The van der Waals surface area contributed by atoms with Gasteiger partial charge in [-0.25, -0.2) is 21.6 Å². The summed E-state index contributed by atoms with van der Waals surface area (Å²) < 4.78 is 86.4. The summed E-state index contributed by atoms with van der Waals surface area (Å²) in [7, 11) is -7.40. The molecule has 0 radical (unpaired) electrons. The summed E-state index contributed by atoms with van der Waals surface area (Å²) in [4.78, 5) is 22.6. The van der Waals surface area contributed by atoms with Crippen LogP contribution in [0.2, 0.25) is 0 Å². The number of carbonyl (C=O) groups is 2. The number of benzene rings is 1. The van der Waals surface area contributed by atoms with E-state index >= 15 is 0 Å². The Morgan fingerprint density at radius 3 is 2.13 bits per heavy atom. The number of carboxylic acids is 1. The van der Waals surface area contributed by atoms with Crippen LogP contribution in [0.25, 0.3) is 0 Å². The zero-order valence-corrected chi connectivity index (χ0v) is 22.6. The van der Waals surface area contributed by atoms with Crippen molar-refractivity contribution in [2.45, 2.75) is 37.3 Å². The van der Waals surface area contributed by atoms with Gasteiger partial charge in [-0.05, 0) is 31.9 Å². The Morgan fingerprint density at radius 2 is 1.63 bits per heavy atom. The smallest absolute Gasteiger partial charge is 0.475 e. The van der Waals surface area contributed by atoms with E-state index < -0.39 is 32.2 Å². The van der Waals surface area contributed by atoms with Gasteiger partial charge in [-0.1, -0.05) is 17.7 Å². The molecule has 216 valence electrons. The number of halogens is 3. The summed E-state index contributed by atoms with van der Waals surface area (Å²) in [6.45, 7) is 5.07. The van der Waals surface area contributed by atoms with Crippen molar-refractivity contribution in [2.75, 3.05) is 58.1 Å². The maximum Gasteiger partial charge on any atom is 0.490 e. The Bertz CT molecular complexity index is 1150. The van der Waals surface area contributed by atoms with Crippen LogP contribution in [0.4, 0.5) is 13.2 Å². The van der Waals surface area contributed by atoms with Crippen LogP contribution >= 0.6 is 0 Å².